The summed E-state index contributed by atoms with van der Waals surface area (Å²) in [6, 6.07) is 3.43. The van der Waals surface area contributed by atoms with Gasteiger partial charge in [0.2, 0.25) is 29.5 Å². The van der Waals surface area contributed by atoms with E-state index in [0.29, 0.717) is 24.1 Å². The van der Waals surface area contributed by atoms with E-state index >= 15 is 0 Å². The first-order valence-corrected chi connectivity index (χ1v) is 28.0. The standard InChI is InChI=1S/C54H83N7O16S/c1-9-40(62)31-56-51(70)36(5)29-47(65)43(33-78-8)57-48(66)20-19-46(64)41(28-34(2)3)59-53(72)44-12-10-23-61(44)49(67)32-75-24-11-13-45(63)42(58-52(71)35(4)14-21-50(68)69)30-38-15-17-39(18-16-38)37(6)60-77-25-22-55-54(73)76-27-26-74-7/h15-18,34-36,41-44H,9-14,19-33H2,1-8H3,(H,55,73)(H,56,70)(H,57,66)(H,58,71)(H,59,72)(H,68,69)/b60-37+/t35-,36-,41+,42+,43?,44+/m1/s1. The molecular formula is C54H83N7O16S. The fourth-order valence-electron chi connectivity index (χ4n) is 8.00. The number of thioether (sulfide) groups is 1. The summed E-state index contributed by atoms with van der Waals surface area (Å²) < 4.78 is 15.4. The summed E-state index contributed by atoms with van der Waals surface area (Å²) in [4.78, 5) is 147. The average Bonchev–Trinajstić information content (AvgIpc) is 3.91. The predicted octanol–water partition coefficient (Wildman–Crippen LogP) is 3.10. The molecule has 6 amide bonds. The number of hydrogen-bond acceptors (Lipinski definition) is 17. The minimum atomic E-state index is -1.05. The molecule has 1 saturated heterocycles. The van der Waals surface area contributed by atoms with E-state index in [9.17, 15) is 52.7 Å². The van der Waals surface area contributed by atoms with Gasteiger partial charge in [-0.3, -0.25) is 47.9 Å². The number of carbonyl (C=O) groups is 11. The van der Waals surface area contributed by atoms with Crippen molar-refractivity contribution in [1.29, 1.82) is 0 Å². The van der Waals surface area contributed by atoms with Gasteiger partial charge < -0.3 is 55.6 Å². The molecular weight excluding hydrogens is 1030 g/mol. The monoisotopic (exact) mass is 1120 g/mol. The summed E-state index contributed by atoms with van der Waals surface area (Å²) in [6.07, 6.45) is 2.09. The van der Waals surface area contributed by atoms with Crippen molar-refractivity contribution in [1.82, 2.24) is 31.5 Å². The number of ether oxygens (including phenoxy) is 3. The van der Waals surface area contributed by atoms with E-state index in [1.807, 2.05) is 13.8 Å². The predicted molar refractivity (Wildman–Crippen MR) is 290 cm³/mol. The van der Waals surface area contributed by atoms with E-state index in [1.165, 1.54) is 23.8 Å². The highest BCUT2D eigenvalue weighted by molar-refractivity contribution is 7.98. The van der Waals surface area contributed by atoms with E-state index in [0.717, 1.165) is 5.56 Å². The van der Waals surface area contributed by atoms with Crippen LogP contribution in [0.1, 0.15) is 123 Å². The largest absolute Gasteiger partial charge is 0.481 e. The topological polar surface area (TPSA) is 321 Å². The van der Waals surface area contributed by atoms with Crippen LogP contribution in [0.15, 0.2) is 29.4 Å². The van der Waals surface area contributed by atoms with Gasteiger partial charge in [-0.25, -0.2) is 4.79 Å². The second-order valence-corrected chi connectivity index (χ2v) is 20.6. The van der Waals surface area contributed by atoms with Crippen molar-refractivity contribution in [3.63, 3.8) is 0 Å². The highest BCUT2D eigenvalue weighted by atomic mass is 32.2. The van der Waals surface area contributed by atoms with Crippen LogP contribution in [0.2, 0.25) is 0 Å². The molecule has 1 aliphatic rings. The lowest BCUT2D eigenvalue weighted by molar-refractivity contribution is -0.142. The van der Waals surface area contributed by atoms with Gasteiger partial charge in [0.05, 0.1) is 43.5 Å². The fourth-order valence-corrected chi connectivity index (χ4v) is 8.61. The van der Waals surface area contributed by atoms with Crippen LogP contribution < -0.4 is 26.6 Å². The molecule has 0 aliphatic carbocycles. The molecule has 2 rings (SSSR count). The van der Waals surface area contributed by atoms with Crippen LogP contribution in [-0.4, -0.2) is 176 Å². The Kier molecular flexibility index (Phi) is 32.6. The van der Waals surface area contributed by atoms with Gasteiger partial charge in [-0.1, -0.05) is 64.0 Å². The number of benzene rings is 1. The normalized spacial score (nSPS) is 15.2. The Morgan fingerprint density at radius 3 is 2.15 bits per heavy atom. The molecule has 436 valence electrons. The second kappa shape index (κ2) is 37.5. The first-order chi connectivity index (χ1) is 37.1. The Bertz CT molecular complexity index is 2190. The lowest BCUT2D eigenvalue weighted by Gasteiger charge is -2.27. The smallest absolute Gasteiger partial charge is 0.407 e. The number of carboxylic acid groups (broad SMARTS) is 1. The molecule has 23 nitrogen and oxygen atoms in total. The number of hydrogen-bond donors (Lipinski definition) is 6. The molecule has 0 aromatic heterocycles. The number of likely N-dealkylation sites (tertiary alicyclic amines) is 1. The zero-order valence-electron chi connectivity index (χ0n) is 46.6. The molecule has 1 fully saturated rings. The Hall–Kier alpha value is -6.27. The molecule has 0 bridgehead atoms. The van der Waals surface area contributed by atoms with Gasteiger partial charge in [0.25, 0.3) is 0 Å². The van der Waals surface area contributed by atoms with Crippen molar-refractivity contribution in [2.75, 3.05) is 71.8 Å². The molecule has 1 unspecified atom stereocenters. The van der Waals surface area contributed by atoms with Gasteiger partial charge in [0, 0.05) is 76.4 Å². The van der Waals surface area contributed by atoms with Crippen LogP contribution in [0.4, 0.5) is 4.79 Å². The number of methoxy groups -OCH3 is 1. The zero-order valence-corrected chi connectivity index (χ0v) is 47.4. The lowest BCUT2D eigenvalue weighted by atomic mass is 9.96. The lowest BCUT2D eigenvalue weighted by Crippen LogP contribution is -2.52. The number of alkyl carbamates (subject to hydrolysis) is 1. The summed E-state index contributed by atoms with van der Waals surface area (Å²) in [5.74, 6) is -5.90. The SMILES string of the molecule is CCC(=O)CNC(=O)[C@H](C)CC(=O)C(CSC)NC(=O)CCC(=O)[C@H](CC(C)C)NC(=O)[C@@H]1CCCN1C(=O)COCCCC(=O)[C@H](Cc1ccc(/C(C)=N/OCCNC(=O)OCCOC)cc1)NC(=O)[C@H](C)CCC(=O)O. The quantitative estimate of drug-likeness (QED) is 0.0312. The molecule has 1 heterocycles. The third-order valence-electron chi connectivity index (χ3n) is 12.6. The third-order valence-corrected chi connectivity index (χ3v) is 13.3. The minimum absolute atomic E-state index is 0.00504. The number of amides is 6. The molecule has 78 heavy (non-hydrogen) atoms. The van der Waals surface area contributed by atoms with Gasteiger partial charge in [0.15, 0.2) is 23.1 Å². The molecule has 1 aromatic rings. The second-order valence-electron chi connectivity index (χ2n) is 19.6. The third kappa shape index (κ3) is 26.9. The number of rotatable bonds is 40. The van der Waals surface area contributed by atoms with Crippen LogP contribution in [0.5, 0.6) is 0 Å². The van der Waals surface area contributed by atoms with E-state index in [2.05, 4.69) is 31.7 Å². The van der Waals surface area contributed by atoms with Crippen LogP contribution >= 0.6 is 11.8 Å². The van der Waals surface area contributed by atoms with E-state index in [-0.39, 0.29) is 146 Å². The maximum Gasteiger partial charge on any atom is 0.407 e. The highest BCUT2D eigenvalue weighted by Crippen LogP contribution is 2.20. The summed E-state index contributed by atoms with van der Waals surface area (Å²) in [5, 5.41) is 26.6. The summed E-state index contributed by atoms with van der Waals surface area (Å²) in [7, 11) is 1.49. The molecule has 0 radical (unpaired) electrons. The maximum absolute atomic E-state index is 13.7. The molecule has 1 aromatic carbocycles. The first-order valence-electron chi connectivity index (χ1n) is 26.6. The van der Waals surface area contributed by atoms with E-state index < -0.39 is 83.4 Å². The fraction of sp³-hybridized carbons (Fsp3) is 0.667. The molecule has 0 spiro atoms. The molecule has 0 saturated carbocycles. The summed E-state index contributed by atoms with van der Waals surface area (Å²) in [6.45, 7) is 10.7. The average molecular weight is 1120 g/mol. The van der Waals surface area contributed by atoms with Crippen LogP contribution in [0, 0.1) is 17.8 Å². The minimum Gasteiger partial charge on any atom is -0.481 e. The van der Waals surface area contributed by atoms with Gasteiger partial charge in [-0.05, 0) is 68.7 Å². The Morgan fingerprint density at radius 2 is 1.50 bits per heavy atom. The van der Waals surface area contributed by atoms with Crippen molar-refractivity contribution in [3.8, 4) is 0 Å². The van der Waals surface area contributed by atoms with Crippen LogP contribution in [-0.2, 0) is 73.4 Å². The molecule has 6 atom stereocenters. The van der Waals surface area contributed by atoms with Crippen molar-refractivity contribution >= 4 is 82.2 Å². The number of carboxylic acids is 1. The van der Waals surface area contributed by atoms with Crippen molar-refractivity contribution < 1.29 is 76.9 Å². The Labute approximate surface area is 461 Å². The maximum atomic E-state index is 13.7. The highest BCUT2D eigenvalue weighted by Gasteiger charge is 2.36. The van der Waals surface area contributed by atoms with Gasteiger partial charge >= 0.3 is 12.1 Å². The van der Waals surface area contributed by atoms with Gasteiger partial charge in [0.1, 0.15) is 25.9 Å². The van der Waals surface area contributed by atoms with E-state index in [4.69, 9.17) is 24.2 Å². The number of aliphatic carboxylic acids is 1. The Morgan fingerprint density at radius 1 is 0.795 bits per heavy atom. The summed E-state index contributed by atoms with van der Waals surface area (Å²) in [5.41, 5.74) is 1.98. The van der Waals surface area contributed by atoms with Crippen molar-refractivity contribution in [2.45, 2.75) is 143 Å². The van der Waals surface area contributed by atoms with Crippen molar-refractivity contribution in [3.05, 3.63) is 35.4 Å². The molecule has 6 N–H and O–H groups in total. The number of nitrogens with one attached hydrogen (secondary N) is 5. The number of oxime groups is 1. The zero-order chi connectivity index (χ0) is 58.2. The number of nitrogens with zero attached hydrogens (tertiary/aromatic N) is 2. The van der Waals surface area contributed by atoms with Crippen LogP contribution in [0.25, 0.3) is 0 Å². The molecule has 1 aliphatic heterocycles. The van der Waals surface area contributed by atoms with Crippen LogP contribution in [0.3, 0.4) is 0 Å². The van der Waals surface area contributed by atoms with Gasteiger partial charge in [-0.15, -0.1) is 0 Å². The number of ketones is 4. The molecule has 24 heteroatoms. The number of carbonyl (C=O) groups excluding carboxylic acids is 10. The van der Waals surface area contributed by atoms with E-state index in [1.54, 1.807) is 58.2 Å². The number of Topliss-reactive ketones (excluding diaryl/α,β-unsaturated/α-hetero) is 4. The van der Waals surface area contributed by atoms with Crippen molar-refractivity contribution in [2.24, 2.45) is 22.9 Å². The van der Waals surface area contributed by atoms with Gasteiger partial charge in [-0.2, -0.15) is 11.8 Å². The first kappa shape index (κ1) is 67.8. The summed E-state index contributed by atoms with van der Waals surface area (Å²) >= 11 is 1.33. The Balaban J connectivity index is 1.98.